The maximum Gasteiger partial charge on any atom is 0.136 e. The standard InChI is InChI=1S/C18H31NO/c1-3-4-5-6-7-8-9-10-16-12-18(20)13-17-11-15(2)14-19(16)17/h16-17H,2-14H2,1H3/t16-,17-/m0/s1. The number of rotatable bonds is 8. The SMILES string of the molecule is C=C1C[C@H]2CC(=O)C[C@H](CCCCCCCCC)N2C1. The second kappa shape index (κ2) is 7.97. The summed E-state index contributed by atoms with van der Waals surface area (Å²) in [4.78, 5) is 14.4. The Labute approximate surface area is 124 Å². The van der Waals surface area contributed by atoms with Gasteiger partial charge in [0.15, 0.2) is 0 Å². The first-order valence-corrected chi connectivity index (χ1v) is 8.64. The predicted octanol–water partition coefficient (Wildman–Crippen LogP) is 4.49. The summed E-state index contributed by atoms with van der Waals surface area (Å²) in [6, 6.07) is 0.995. The summed E-state index contributed by atoms with van der Waals surface area (Å²) in [5.74, 6) is 0.480. The molecule has 0 unspecified atom stereocenters. The monoisotopic (exact) mass is 277 g/mol. The van der Waals surface area contributed by atoms with Gasteiger partial charge in [0.1, 0.15) is 5.78 Å². The van der Waals surface area contributed by atoms with E-state index in [1.807, 2.05) is 0 Å². The summed E-state index contributed by atoms with van der Waals surface area (Å²) in [7, 11) is 0. The average molecular weight is 277 g/mol. The van der Waals surface area contributed by atoms with E-state index in [-0.39, 0.29) is 0 Å². The van der Waals surface area contributed by atoms with Crippen molar-refractivity contribution in [2.75, 3.05) is 6.54 Å². The van der Waals surface area contributed by atoms with Crippen LogP contribution in [0.1, 0.15) is 77.6 Å². The minimum Gasteiger partial charge on any atom is -0.300 e. The van der Waals surface area contributed by atoms with E-state index >= 15 is 0 Å². The Morgan fingerprint density at radius 3 is 2.50 bits per heavy atom. The molecule has 0 amide bonds. The lowest BCUT2D eigenvalue weighted by atomic mass is 9.92. The van der Waals surface area contributed by atoms with Gasteiger partial charge in [0, 0.05) is 31.5 Å². The smallest absolute Gasteiger partial charge is 0.136 e. The first kappa shape index (κ1) is 15.8. The molecule has 0 aromatic rings. The lowest BCUT2D eigenvalue weighted by Gasteiger charge is -2.36. The Bertz CT molecular complexity index is 336. The average Bonchev–Trinajstić information content (AvgIpc) is 2.77. The third-order valence-corrected chi connectivity index (χ3v) is 4.94. The Kier molecular flexibility index (Phi) is 6.28. The Hall–Kier alpha value is -0.630. The maximum absolute atomic E-state index is 11.9. The molecule has 114 valence electrons. The van der Waals surface area contributed by atoms with Crippen molar-refractivity contribution in [3.05, 3.63) is 12.2 Å². The fraction of sp³-hybridized carbons (Fsp3) is 0.833. The number of hydrogen-bond donors (Lipinski definition) is 0. The first-order valence-electron chi connectivity index (χ1n) is 8.64. The zero-order valence-electron chi connectivity index (χ0n) is 13.2. The molecule has 0 N–H and O–H groups in total. The quantitative estimate of drug-likeness (QED) is 0.481. The Morgan fingerprint density at radius 2 is 1.75 bits per heavy atom. The summed E-state index contributed by atoms with van der Waals surface area (Å²) in [5.41, 5.74) is 1.33. The third kappa shape index (κ3) is 4.44. The van der Waals surface area contributed by atoms with E-state index in [1.54, 1.807) is 0 Å². The fourth-order valence-electron chi connectivity index (χ4n) is 3.85. The van der Waals surface area contributed by atoms with Crippen LogP contribution in [-0.4, -0.2) is 29.3 Å². The molecule has 0 aliphatic carbocycles. The molecule has 2 rings (SSSR count). The van der Waals surface area contributed by atoms with Gasteiger partial charge in [0.05, 0.1) is 0 Å². The highest BCUT2D eigenvalue weighted by atomic mass is 16.1. The van der Waals surface area contributed by atoms with Gasteiger partial charge in [-0.15, -0.1) is 0 Å². The summed E-state index contributed by atoms with van der Waals surface area (Å²) in [5, 5.41) is 0. The van der Waals surface area contributed by atoms with E-state index in [1.165, 1.54) is 56.9 Å². The van der Waals surface area contributed by atoms with Crippen LogP contribution in [0.5, 0.6) is 0 Å². The molecule has 0 saturated carbocycles. The molecule has 0 radical (unpaired) electrons. The fourth-order valence-corrected chi connectivity index (χ4v) is 3.85. The lowest BCUT2D eigenvalue weighted by molar-refractivity contribution is -0.124. The summed E-state index contributed by atoms with van der Waals surface area (Å²) >= 11 is 0. The van der Waals surface area contributed by atoms with Crippen LogP contribution in [0.25, 0.3) is 0 Å². The van der Waals surface area contributed by atoms with E-state index in [0.29, 0.717) is 17.9 Å². The van der Waals surface area contributed by atoms with Crippen molar-refractivity contribution in [2.24, 2.45) is 0 Å². The van der Waals surface area contributed by atoms with E-state index in [2.05, 4.69) is 18.4 Å². The van der Waals surface area contributed by atoms with Crippen molar-refractivity contribution in [3.63, 3.8) is 0 Å². The molecule has 0 aromatic heterocycles. The van der Waals surface area contributed by atoms with Gasteiger partial charge in [-0.05, 0) is 12.8 Å². The van der Waals surface area contributed by atoms with Crippen LogP contribution in [0.15, 0.2) is 12.2 Å². The second-order valence-corrected chi connectivity index (χ2v) is 6.79. The largest absolute Gasteiger partial charge is 0.300 e. The van der Waals surface area contributed by atoms with Crippen LogP contribution >= 0.6 is 0 Å². The molecule has 2 aliphatic heterocycles. The van der Waals surface area contributed by atoms with Crippen LogP contribution in [0.4, 0.5) is 0 Å². The molecule has 2 heteroatoms. The molecule has 0 bridgehead atoms. The minimum atomic E-state index is 0.480. The molecule has 2 fully saturated rings. The van der Waals surface area contributed by atoms with Gasteiger partial charge in [-0.3, -0.25) is 9.69 Å². The van der Waals surface area contributed by atoms with E-state index < -0.39 is 0 Å². The normalized spacial score (nSPS) is 27.1. The van der Waals surface area contributed by atoms with Crippen molar-refractivity contribution >= 4 is 5.78 Å². The number of carbonyl (C=O) groups is 1. The molecule has 2 heterocycles. The van der Waals surface area contributed by atoms with Crippen LogP contribution < -0.4 is 0 Å². The molecular formula is C18H31NO. The zero-order valence-corrected chi connectivity index (χ0v) is 13.2. The molecule has 2 saturated heterocycles. The number of unbranched alkanes of at least 4 members (excludes halogenated alkanes) is 6. The maximum atomic E-state index is 11.9. The summed E-state index contributed by atoms with van der Waals surface area (Å²) < 4.78 is 0. The number of piperidine rings is 1. The Balaban J connectivity index is 1.66. The van der Waals surface area contributed by atoms with Crippen LogP contribution in [-0.2, 0) is 4.79 Å². The predicted molar refractivity (Wildman–Crippen MR) is 84.9 cm³/mol. The van der Waals surface area contributed by atoms with Crippen molar-refractivity contribution in [1.29, 1.82) is 0 Å². The van der Waals surface area contributed by atoms with Gasteiger partial charge in [0.2, 0.25) is 0 Å². The highest BCUT2D eigenvalue weighted by molar-refractivity contribution is 5.80. The van der Waals surface area contributed by atoms with Gasteiger partial charge >= 0.3 is 0 Å². The highest BCUT2D eigenvalue weighted by Gasteiger charge is 2.38. The van der Waals surface area contributed by atoms with Gasteiger partial charge in [0.25, 0.3) is 0 Å². The highest BCUT2D eigenvalue weighted by Crippen LogP contribution is 2.33. The van der Waals surface area contributed by atoms with Gasteiger partial charge in [-0.2, -0.15) is 0 Å². The van der Waals surface area contributed by atoms with E-state index in [0.717, 1.165) is 25.8 Å². The number of Topliss-reactive ketones (excluding diaryl/α,β-unsaturated/α-hetero) is 1. The first-order chi connectivity index (χ1) is 9.70. The van der Waals surface area contributed by atoms with Crippen LogP contribution in [0.3, 0.4) is 0 Å². The number of carbonyl (C=O) groups excluding carboxylic acids is 1. The summed E-state index contributed by atoms with van der Waals surface area (Å²) in [6.07, 6.45) is 13.3. The van der Waals surface area contributed by atoms with E-state index in [9.17, 15) is 4.79 Å². The van der Waals surface area contributed by atoms with Crippen molar-refractivity contribution < 1.29 is 4.79 Å². The number of nitrogens with zero attached hydrogens (tertiary/aromatic N) is 1. The van der Waals surface area contributed by atoms with Gasteiger partial charge in [-0.25, -0.2) is 0 Å². The van der Waals surface area contributed by atoms with E-state index in [4.69, 9.17) is 0 Å². The molecular weight excluding hydrogens is 246 g/mol. The molecule has 2 nitrogen and oxygen atoms in total. The zero-order chi connectivity index (χ0) is 14.4. The number of ketones is 1. The molecule has 0 aromatic carbocycles. The number of hydrogen-bond acceptors (Lipinski definition) is 2. The second-order valence-electron chi connectivity index (χ2n) is 6.79. The number of fused-ring (bicyclic) bond motifs is 1. The molecule has 2 atom stereocenters. The van der Waals surface area contributed by atoms with Gasteiger partial charge < -0.3 is 0 Å². The van der Waals surface area contributed by atoms with Crippen LogP contribution in [0, 0.1) is 0 Å². The molecule has 2 aliphatic rings. The topological polar surface area (TPSA) is 20.3 Å². The van der Waals surface area contributed by atoms with Crippen molar-refractivity contribution in [2.45, 2.75) is 89.6 Å². The lowest BCUT2D eigenvalue weighted by Crippen LogP contribution is -2.45. The van der Waals surface area contributed by atoms with Crippen molar-refractivity contribution in [1.82, 2.24) is 4.90 Å². The molecule has 20 heavy (non-hydrogen) atoms. The Morgan fingerprint density at radius 1 is 1.05 bits per heavy atom. The van der Waals surface area contributed by atoms with Crippen LogP contribution in [0.2, 0.25) is 0 Å². The molecule has 0 spiro atoms. The van der Waals surface area contributed by atoms with Gasteiger partial charge in [-0.1, -0.05) is 64.0 Å². The third-order valence-electron chi connectivity index (χ3n) is 4.94. The van der Waals surface area contributed by atoms with Crippen molar-refractivity contribution in [3.8, 4) is 0 Å². The minimum absolute atomic E-state index is 0.480. The summed E-state index contributed by atoms with van der Waals surface area (Å²) in [6.45, 7) is 7.43.